The summed E-state index contributed by atoms with van der Waals surface area (Å²) in [6, 6.07) is 35.2. The van der Waals surface area contributed by atoms with Crippen molar-refractivity contribution in [2.24, 2.45) is 0 Å². The molecule has 6 aromatic heterocycles. The summed E-state index contributed by atoms with van der Waals surface area (Å²) in [6.07, 6.45) is 7.62. The van der Waals surface area contributed by atoms with Crippen molar-refractivity contribution >= 4 is 65.4 Å². The number of fused-ring (bicyclic) bond motifs is 17. The van der Waals surface area contributed by atoms with Gasteiger partial charge in [0.1, 0.15) is 0 Å². The lowest BCUT2D eigenvalue weighted by atomic mass is 9.81. The molecule has 12 rings (SSSR count). The van der Waals surface area contributed by atoms with Gasteiger partial charge in [-0.05, 0) is 71.8 Å². The number of aromatic nitrogens is 6. The number of nitrogens with one attached hydrogen (secondary N) is 2. The summed E-state index contributed by atoms with van der Waals surface area (Å²) >= 11 is 0. The summed E-state index contributed by atoms with van der Waals surface area (Å²) in [6.45, 7) is 9.30. The first kappa shape index (κ1) is 27.8. The summed E-state index contributed by atoms with van der Waals surface area (Å²) in [4.78, 5) is 15.8. The molecular weight excluding hydrogens is 613 g/mol. The number of nitrogens with zero attached hydrogens (tertiary/aromatic N) is 4. The minimum atomic E-state index is -0.0567. The molecule has 4 aromatic carbocycles. The highest BCUT2D eigenvalue weighted by Gasteiger charge is 2.40. The Bertz CT molecular complexity index is 3010. The highest BCUT2D eigenvalue weighted by molar-refractivity contribution is 6.11. The highest BCUT2D eigenvalue weighted by Crippen LogP contribution is 2.50. The summed E-state index contributed by atoms with van der Waals surface area (Å²) in [5, 5.41) is 7.54. The Morgan fingerprint density at radius 1 is 0.520 bits per heavy atom. The molecule has 6 heteroatoms. The van der Waals surface area contributed by atoms with Crippen LogP contribution in [0.1, 0.15) is 50.2 Å². The van der Waals surface area contributed by atoms with Gasteiger partial charge in [0.15, 0.2) is 0 Å². The van der Waals surface area contributed by atoms with E-state index in [0.29, 0.717) is 0 Å². The van der Waals surface area contributed by atoms with E-state index in [-0.39, 0.29) is 10.8 Å². The van der Waals surface area contributed by atoms with E-state index in [4.69, 9.17) is 0 Å². The van der Waals surface area contributed by atoms with Crippen molar-refractivity contribution in [1.29, 1.82) is 0 Å². The largest absolute Gasteiger partial charge is 0.354 e. The Kier molecular flexibility index (Phi) is 5.17. The third kappa shape index (κ3) is 3.42. The normalized spacial score (nSPS) is 15.1. The number of H-pyrrole nitrogens is 2. The minimum absolute atomic E-state index is 0.0158. The van der Waals surface area contributed by atoms with Crippen LogP contribution in [0.15, 0.2) is 122 Å². The Labute approximate surface area is 288 Å². The maximum absolute atomic E-state index is 4.37. The van der Waals surface area contributed by atoms with Gasteiger partial charge in [-0.2, -0.15) is 0 Å². The lowest BCUT2D eigenvalue weighted by Crippen LogP contribution is -2.15. The second-order valence-electron chi connectivity index (χ2n) is 15.0. The van der Waals surface area contributed by atoms with Crippen molar-refractivity contribution in [1.82, 2.24) is 29.1 Å². The maximum Gasteiger partial charge on any atom is 0.0531 e. The van der Waals surface area contributed by atoms with Gasteiger partial charge in [0.05, 0.1) is 22.4 Å². The molecule has 0 fully saturated rings. The van der Waals surface area contributed by atoms with E-state index >= 15 is 0 Å². The topological polar surface area (TPSA) is 67.2 Å². The Hall–Kier alpha value is -6.14. The van der Waals surface area contributed by atoms with Gasteiger partial charge in [0.2, 0.25) is 0 Å². The number of hydrogen-bond donors (Lipinski definition) is 2. The van der Waals surface area contributed by atoms with Crippen LogP contribution in [0.4, 0.5) is 0 Å². The molecule has 0 saturated carbocycles. The Morgan fingerprint density at radius 3 is 1.84 bits per heavy atom. The van der Waals surface area contributed by atoms with Gasteiger partial charge in [-0.25, -0.2) is 0 Å². The van der Waals surface area contributed by atoms with Crippen LogP contribution in [0.3, 0.4) is 0 Å². The number of hydrogen-bond acceptors (Lipinski definition) is 2. The zero-order valence-corrected chi connectivity index (χ0v) is 28.3. The van der Waals surface area contributed by atoms with E-state index in [1.165, 1.54) is 88.3 Å². The third-order valence-electron chi connectivity index (χ3n) is 11.5. The molecule has 0 aliphatic carbocycles. The first-order valence-corrected chi connectivity index (χ1v) is 17.3. The summed E-state index contributed by atoms with van der Waals surface area (Å²) < 4.78 is 4.86. The van der Waals surface area contributed by atoms with Crippen LogP contribution in [0.2, 0.25) is 0 Å². The smallest absolute Gasteiger partial charge is 0.0531 e. The average Bonchev–Trinajstić information content (AvgIpc) is 3.95. The van der Waals surface area contributed by atoms with Crippen molar-refractivity contribution in [3.05, 3.63) is 144 Å². The molecule has 240 valence electrons. The van der Waals surface area contributed by atoms with E-state index in [9.17, 15) is 0 Å². The average molecular weight is 647 g/mol. The van der Waals surface area contributed by atoms with Gasteiger partial charge in [0, 0.05) is 101 Å². The summed E-state index contributed by atoms with van der Waals surface area (Å²) in [7, 11) is 0. The highest BCUT2D eigenvalue weighted by atomic mass is 15.0. The van der Waals surface area contributed by atoms with Gasteiger partial charge in [0.25, 0.3) is 0 Å². The van der Waals surface area contributed by atoms with Crippen molar-refractivity contribution in [3.63, 3.8) is 0 Å². The first-order chi connectivity index (χ1) is 24.3. The van der Waals surface area contributed by atoms with E-state index in [2.05, 4.69) is 148 Å². The predicted molar refractivity (Wildman–Crippen MR) is 205 cm³/mol. The molecule has 0 unspecified atom stereocenters. The fourth-order valence-electron chi connectivity index (χ4n) is 9.12. The van der Waals surface area contributed by atoms with E-state index in [1.54, 1.807) is 0 Å². The molecule has 6 nitrogen and oxygen atoms in total. The van der Waals surface area contributed by atoms with E-state index < -0.39 is 0 Å². The third-order valence-corrected chi connectivity index (χ3v) is 11.5. The summed E-state index contributed by atoms with van der Waals surface area (Å²) in [5.74, 6) is 0. The Morgan fingerprint density at radius 2 is 1.12 bits per heavy atom. The lowest BCUT2D eigenvalue weighted by Gasteiger charge is -2.20. The molecule has 8 heterocycles. The van der Waals surface area contributed by atoms with Crippen LogP contribution >= 0.6 is 0 Å². The molecular formula is C44H34N6. The fourth-order valence-corrected chi connectivity index (χ4v) is 9.12. The number of para-hydroxylation sites is 2. The molecule has 0 bridgehead atoms. The number of pyridine rings is 2. The van der Waals surface area contributed by atoms with Gasteiger partial charge < -0.3 is 19.1 Å². The first-order valence-electron chi connectivity index (χ1n) is 17.3. The Balaban J connectivity index is 0.000000120. The molecule has 0 amide bonds. The maximum atomic E-state index is 4.37. The van der Waals surface area contributed by atoms with Crippen LogP contribution < -0.4 is 0 Å². The van der Waals surface area contributed by atoms with Crippen molar-refractivity contribution in [3.8, 4) is 11.4 Å². The predicted octanol–water partition coefficient (Wildman–Crippen LogP) is 10.6. The molecule has 2 aliphatic heterocycles. The zero-order valence-electron chi connectivity index (χ0n) is 28.3. The van der Waals surface area contributed by atoms with Crippen molar-refractivity contribution in [2.75, 3.05) is 0 Å². The van der Waals surface area contributed by atoms with Crippen LogP contribution in [0, 0.1) is 0 Å². The van der Waals surface area contributed by atoms with Gasteiger partial charge in [-0.3, -0.25) is 9.97 Å². The number of benzene rings is 4. The number of aromatic amines is 2. The van der Waals surface area contributed by atoms with E-state index in [1.807, 2.05) is 30.9 Å². The van der Waals surface area contributed by atoms with Crippen LogP contribution in [-0.4, -0.2) is 29.1 Å². The molecule has 50 heavy (non-hydrogen) atoms. The van der Waals surface area contributed by atoms with Crippen molar-refractivity contribution in [2.45, 2.75) is 38.5 Å². The van der Waals surface area contributed by atoms with Gasteiger partial charge in [-0.15, -0.1) is 0 Å². The lowest BCUT2D eigenvalue weighted by molar-refractivity contribution is 0.645. The summed E-state index contributed by atoms with van der Waals surface area (Å²) in [5.41, 5.74) is 15.2. The monoisotopic (exact) mass is 646 g/mol. The number of rotatable bonds is 0. The molecule has 0 saturated heterocycles. The quantitative estimate of drug-likeness (QED) is 0.172. The zero-order chi connectivity index (χ0) is 33.5. The molecule has 0 atom stereocenters. The molecule has 0 spiro atoms. The standard InChI is InChI=1S/2C22H17N3/c1-22(2)16-11-18-14(15-12-23-8-7-17(15)24-18)10-20(16)25-19-6-4-3-5-13(19)9-21(22)25;1-22(2)19-11-13-5-3-4-6-17(13)25(19)18-8-7-16-20(21(18)22)14-12-23-10-9-15(14)24-16/h2*3-12,24H,1-2H3. The fraction of sp³-hybridized carbons (Fsp3) is 0.136. The SMILES string of the molecule is CC1(C)c2c(ccc3[nH]c4ccncc4c23)-n2c1cc1ccccc12.CC1(C)c2cc3[nH]c4ccncc4c3cc2-n2c1cc1ccccc12. The minimum Gasteiger partial charge on any atom is -0.354 e. The second kappa shape index (κ2) is 9.30. The van der Waals surface area contributed by atoms with Crippen LogP contribution in [0.5, 0.6) is 0 Å². The molecule has 2 aliphatic rings. The van der Waals surface area contributed by atoms with Gasteiger partial charge >= 0.3 is 0 Å². The van der Waals surface area contributed by atoms with E-state index in [0.717, 1.165) is 11.0 Å². The molecule has 10 aromatic rings. The molecule has 2 N–H and O–H groups in total. The van der Waals surface area contributed by atoms with Gasteiger partial charge in [-0.1, -0.05) is 64.1 Å². The molecule has 0 radical (unpaired) electrons. The van der Waals surface area contributed by atoms with Crippen LogP contribution in [0.25, 0.3) is 76.8 Å². The second-order valence-corrected chi connectivity index (χ2v) is 15.0. The van der Waals surface area contributed by atoms with Crippen molar-refractivity contribution < 1.29 is 0 Å². The van der Waals surface area contributed by atoms with Crippen LogP contribution in [-0.2, 0) is 10.8 Å².